The molecule has 0 saturated carbocycles. The van der Waals surface area contributed by atoms with Crippen LogP contribution in [0.4, 0.5) is 18.9 Å². The second-order valence-electron chi connectivity index (χ2n) is 6.52. The van der Waals surface area contributed by atoms with E-state index in [2.05, 4.69) is 5.10 Å². The molecule has 9 nitrogen and oxygen atoms in total. The molecule has 0 unspecified atom stereocenters. The maximum atomic E-state index is 13.4. The van der Waals surface area contributed by atoms with Crippen molar-refractivity contribution in [3.8, 4) is 0 Å². The summed E-state index contributed by atoms with van der Waals surface area (Å²) < 4.78 is 67.2. The third kappa shape index (κ3) is 4.39. The van der Waals surface area contributed by atoms with Gasteiger partial charge in [-0.3, -0.25) is 19.6 Å². The molecule has 1 heterocycles. The van der Waals surface area contributed by atoms with Crippen molar-refractivity contribution in [3.63, 3.8) is 0 Å². The minimum atomic E-state index is -4.96. The number of benzene rings is 1. The van der Waals surface area contributed by atoms with Crippen LogP contribution >= 0.6 is 0 Å². The Morgan fingerprint density at radius 3 is 2.34 bits per heavy atom. The summed E-state index contributed by atoms with van der Waals surface area (Å²) in [5.41, 5.74) is -2.39. The third-order valence-corrected chi connectivity index (χ3v) is 5.46. The Morgan fingerprint density at radius 1 is 1.28 bits per heavy atom. The lowest BCUT2D eigenvalue weighted by molar-refractivity contribution is -0.385. The van der Waals surface area contributed by atoms with Crippen LogP contribution in [0.25, 0.3) is 0 Å². The lowest BCUT2D eigenvalue weighted by Crippen LogP contribution is -2.32. The third-order valence-electron chi connectivity index (χ3n) is 4.15. The summed E-state index contributed by atoms with van der Waals surface area (Å²) in [7, 11) is -4.68. The van der Waals surface area contributed by atoms with Crippen molar-refractivity contribution in [1.82, 2.24) is 14.5 Å². The SMILES string of the molecule is Cc1cc(S(=O)(=O)NC(=O)c2cnn(C(C)C)c2C(F)(F)F)cc([N+](=O)[O-])c1C. The average Bonchev–Trinajstić information content (AvgIpc) is 3.02. The second kappa shape index (κ2) is 7.46. The van der Waals surface area contributed by atoms with E-state index in [-0.39, 0.29) is 11.1 Å². The number of nitrogens with zero attached hydrogens (tertiary/aromatic N) is 3. The predicted molar refractivity (Wildman–Crippen MR) is 94.8 cm³/mol. The van der Waals surface area contributed by atoms with Gasteiger partial charge < -0.3 is 0 Å². The van der Waals surface area contributed by atoms with Crippen molar-refractivity contribution in [1.29, 1.82) is 0 Å². The van der Waals surface area contributed by atoms with E-state index in [1.165, 1.54) is 32.4 Å². The monoisotopic (exact) mass is 434 g/mol. The van der Waals surface area contributed by atoms with E-state index in [0.29, 0.717) is 10.9 Å². The number of aromatic nitrogens is 2. The van der Waals surface area contributed by atoms with Crippen LogP contribution in [0.5, 0.6) is 0 Å². The number of halogens is 3. The highest BCUT2D eigenvalue weighted by Gasteiger charge is 2.41. The van der Waals surface area contributed by atoms with Crippen LogP contribution in [0.15, 0.2) is 23.2 Å². The quantitative estimate of drug-likeness (QED) is 0.570. The van der Waals surface area contributed by atoms with Gasteiger partial charge in [0.2, 0.25) is 0 Å². The van der Waals surface area contributed by atoms with Crippen molar-refractivity contribution in [3.05, 3.63) is 50.8 Å². The van der Waals surface area contributed by atoms with E-state index in [0.717, 1.165) is 12.1 Å². The summed E-state index contributed by atoms with van der Waals surface area (Å²) in [6.45, 7) is 5.67. The van der Waals surface area contributed by atoms with E-state index >= 15 is 0 Å². The number of hydrogen-bond acceptors (Lipinski definition) is 6. The van der Waals surface area contributed by atoms with Crippen LogP contribution < -0.4 is 4.72 Å². The molecule has 13 heteroatoms. The number of nitro groups is 1. The van der Waals surface area contributed by atoms with E-state index in [9.17, 15) is 36.5 Å². The fourth-order valence-corrected chi connectivity index (χ4v) is 3.66. The number of rotatable bonds is 5. The molecule has 1 amide bonds. The first kappa shape index (κ1) is 22.3. The number of nitro benzene ring substituents is 1. The molecule has 0 atom stereocenters. The van der Waals surface area contributed by atoms with Crippen LogP contribution in [0.2, 0.25) is 0 Å². The molecule has 1 aromatic carbocycles. The molecular formula is C16H17F3N4O5S. The summed E-state index contributed by atoms with van der Waals surface area (Å²) in [6.07, 6.45) is -4.34. The molecule has 0 aliphatic heterocycles. The number of amides is 1. The van der Waals surface area contributed by atoms with Crippen molar-refractivity contribution >= 4 is 21.6 Å². The number of nitrogens with one attached hydrogen (secondary N) is 1. The highest BCUT2D eigenvalue weighted by atomic mass is 32.2. The van der Waals surface area contributed by atoms with Gasteiger partial charge in [-0.05, 0) is 39.3 Å². The normalized spacial score (nSPS) is 12.3. The first-order valence-electron chi connectivity index (χ1n) is 8.14. The smallest absolute Gasteiger partial charge is 0.268 e. The van der Waals surface area contributed by atoms with Gasteiger partial charge in [-0.2, -0.15) is 18.3 Å². The number of carbonyl (C=O) groups excluding carboxylic acids is 1. The fraction of sp³-hybridized carbons (Fsp3) is 0.375. The zero-order chi connectivity index (χ0) is 22.3. The van der Waals surface area contributed by atoms with Gasteiger partial charge in [-0.15, -0.1) is 0 Å². The molecule has 2 rings (SSSR count). The number of alkyl halides is 3. The maximum Gasteiger partial charge on any atom is 0.433 e. The second-order valence-corrected chi connectivity index (χ2v) is 8.20. The van der Waals surface area contributed by atoms with Gasteiger partial charge in [-0.1, -0.05) is 0 Å². The highest BCUT2D eigenvalue weighted by Crippen LogP contribution is 2.34. The molecule has 0 bridgehead atoms. The van der Waals surface area contributed by atoms with Crippen molar-refractivity contribution in [2.75, 3.05) is 0 Å². The Morgan fingerprint density at radius 2 is 1.86 bits per heavy atom. The first-order valence-corrected chi connectivity index (χ1v) is 9.62. The first-order chi connectivity index (χ1) is 13.2. The topological polar surface area (TPSA) is 124 Å². The molecule has 1 aromatic heterocycles. The minimum Gasteiger partial charge on any atom is -0.268 e. The predicted octanol–water partition coefficient (Wildman–Crippen LogP) is 3.13. The van der Waals surface area contributed by atoms with Crippen LogP contribution in [0.3, 0.4) is 0 Å². The highest BCUT2D eigenvalue weighted by molar-refractivity contribution is 7.90. The number of sulfonamides is 1. The standard InChI is InChI=1S/C16H17F3N4O5S/c1-8(2)22-14(16(17,18)19)12(7-20-22)15(24)21-29(27,28)11-5-9(3)10(4)13(6-11)23(25)26/h5-8H,1-4H3,(H,21,24). The molecule has 1 N–H and O–H groups in total. The molecule has 29 heavy (non-hydrogen) atoms. The summed E-state index contributed by atoms with van der Waals surface area (Å²) in [5.74, 6) is -1.55. The largest absolute Gasteiger partial charge is 0.433 e. The van der Waals surface area contributed by atoms with Crippen molar-refractivity contribution < 1.29 is 31.3 Å². The van der Waals surface area contributed by atoms with Gasteiger partial charge in [0.05, 0.1) is 21.6 Å². The Kier molecular flexibility index (Phi) is 5.75. The fourth-order valence-electron chi connectivity index (χ4n) is 2.59. The van der Waals surface area contributed by atoms with Crippen molar-refractivity contribution in [2.24, 2.45) is 0 Å². The molecule has 0 saturated heterocycles. The van der Waals surface area contributed by atoms with Crippen LogP contribution in [-0.4, -0.2) is 29.0 Å². The van der Waals surface area contributed by atoms with Crippen LogP contribution in [-0.2, 0) is 16.2 Å². The van der Waals surface area contributed by atoms with Crippen molar-refractivity contribution in [2.45, 2.75) is 44.8 Å². The zero-order valence-electron chi connectivity index (χ0n) is 15.7. The zero-order valence-corrected chi connectivity index (χ0v) is 16.6. The molecule has 0 fully saturated rings. The molecule has 0 aliphatic carbocycles. The summed E-state index contributed by atoms with van der Waals surface area (Å²) in [5, 5.41) is 14.6. The summed E-state index contributed by atoms with van der Waals surface area (Å²) in [4.78, 5) is 22.0. The van der Waals surface area contributed by atoms with Gasteiger partial charge >= 0.3 is 6.18 Å². The number of hydrogen-bond donors (Lipinski definition) is 1. The van der Waals surface area contributed by atoms with E-state index in [1.807, 2.05) is 0 Å². The van der Waals surface area contributed by atoms with E-state index < -0.39 is 54.9 Å². The lowest BCUT2D eigenvalue weighted by atomic mass is 10.1. The Balaban J connectivity index is 2.50. The summed E-state index contributed by atoms with van der Waals surface area (Å²) in [6, 6.07) is 1.08. The number of carbonyl (C=O) groups is 1. The van der Waals surface area contributed by atoms with E-state index in [1.54, 1.807) is 0 Å². The molecule has 158 valence electrons. The Bertz CT molecular complexity index is 1090. The van der Waals surface area contributed by atoms with Gasteiger partial charge in [0.1, 0.15) is 0 Å². The van der Waals surface area contributed by atoms with Crippen LogP contribution in [0, 0.1) is 24.0 Å². The van der Waals surface area contributed by atoms with Gasteiger partial charge in [0.15, 0.2) is 5.69 Å². The molecule has 2 aromatic rings. The van der Waals surface area contributed by atoms with Gasteiger partial charge in [0, 0.05) is 17.7 Å². The Labute approximate surface area is 163 Å². The molecule has 0 spiro atoms. The van der Waals surface area contributed by atoms with Gasteiger partial charge in [-0.25, -0.2) is 13.1 Å². The maximum absolute atomic E-state index is 13.4. The average molecular weight is 434 g/mol. The van der Waals surface area contributed by atoms with Crippen LogP contribution in [0.1, 0.15) is 47.1 Å². The van der Waals surface area contributed by atoms with Gasteiger partial charge in [0.25, 0.3) is 21.6 Å². The van der Waals surface area contributed by atoms with E-state index in [4.69, 9.17) is 0 Å². The number of aryl methyl sites for hydroxylation is 1. The summed E-state index contributed by atoms with van der Waals surface area (Å²) >= 11 is 0. The molecule has 0 aliphatic rings. The Hall–Kier alpha value is -2.96. The minimum absolute atomic E-state index is 0.220. The molecular weight excluding hydrogens is 417 g/mol. The molecule has 0 radical (unpaired) electrons. The lowest BCUT2D eigenvalue weighted by Gasteiger charge is -2.15.